The Morgan fingerprint density at radius 3 is 1.05 bits per heavy atom. The summed E-state index contributed by atoms with van der Waals surface area (Å²) in [6, 6.07) is 0. The summed E-state index contributed by atoms with van der Waals surface area (Å²) in [4.78, 5) is 0. The Balaban J connectivity index is 1.37. The zero-order chi connectivity index (χ0) is 14.3. The molecule has 2 spiro atoms. The summed E-state index contributed by atoms with van der Waals surface area (Å²) >= 11 is 0. The molecule has 9 fully saturated rings. The first-order chi connectivity index (χ1) is 10.7. The normalized spacial score (nSPS) is 72.7. The van der Waals surface area contributed by atoms with Crippen LogP contribution in [0.5, 0.6) is 0 Å². The van der Waals surface area contributed by atoms with E-state index in [1.165, 1.54) is 47.3 Å². The van der Waals surface area contributed by atoms with Crippen LogP contribution in [0.15, 0.2) is 0 Å². The van der Waals surface area contributed by atoms with Gasteiger partial charge in [0.15, 0.2) is 9.49 Å². The third-order valence-corrected chi connectivity index (χ3v) is 14.1. The molecule has 0 aromatic rings. The van der Waals surface area contributed by atoms with E-state index in [-0.39, 0.29) is 0 Å². The Kier molecular flexibility index (Phi) is 2.09. The van der Waals surface area contributed by atoms with Crippen LogP contribution in [0.25, 0.3) is 0 Å². The second-order valence-electron chi connectivity index (χ2n) is 10.7. The largest absolute Gasteiger partial charge is 0.184 e. The summed E-state index contributed by atoms with van der Waals surface area (Å²) in [5.41, 5.74) is 0. The Bertz CT molecular complexity index is 444. The van der Waals surface area contributed by atoms with Crippen molar-refractivity contribution in [3.63, 3.8) is 0 Å². The molecule has 8 saturated carbocycles. The lowest BCUT2D eigenvalue weighted by molar-refractivity contribution is -0.0747. The van der Waals surface area contributed by atoms with Gasteiger partial charge in [-0.15, -0.1) is 0 Å². The van der Waals surface area contributed by atoms with Gasteiger partial charge in [-0.2, -0.15) is 0 Å². The Morgan fingerprint density at radius 1 is 0.500 bits per heavy atom. The van der Waals surface area contributed by atoms with Crippen molar-refractivity contribution >= 4 is 10.9 Å². The van der Waals surface area contributed by atoms with Gasteiger partial charge in [0.25, 0.3) is 0 Å². The Labute approximate surface area is 138 Å². The third-order valence-electron chi connectivity index (χ3n) is 10.3. The predicted octanol–water partition coefficient (Wildman–Crippen LogP) is 4.64. The number of rotatable bonds is 0. The zero-order valence-corrected chi connectivity index (χ0v) is 14.9. The zero-order valence-electron chi connectivity index (χ0n) is 14.1. The summed E-state index contributed by atoms with van der Waals surface area (Å²) in [7, 11) is 0.792. The van der Waals surface area contributed by atoms with Gasteiger partial charge in [-0.05, 0) is 87.9 Å². The first kappa shape index (κ1) is 12.7. The Morgan fingerprint density at radius 2 is 0.773 bits per heavy atom. The lowest BCUT2D eigenvalue weighted by Gasteiger charge is -2.57. The van der Waals surface area contributed by atoms with E-state index in [9.17, 15) is 0 Å². The van der Waals surface area contributed by atoms with E-state index in [0.717, 1.165) is 20.4 Å². The molecule has 9 rings (SSSR count). The van der Waals surface area contributed by atoms with Crippen LogP contribution < -0.4 is 0 Å². The van der Waals surface area contributed by atoms with Crippen LogP contribution in [0.1, 0.15) is 64.2 Å². The van der Waals surface area contributed by atoms with Gasteiger partial charge in [-0.3, -0.25) is 0 Å². The standard InChI is InChI=1S/C21H31S/c1-22-20(16-4-12-2-13(6-16)7-17(20)5-12)21(22)18-8-14-3-15(10-18)11-19(21)9-14/h12-19H,2-11H2,1H3/q+1. The van der Waals surface area contributed by atoms with E-state index in [0.29, 0.717) is 0 Å². The quantitative estimate of drug-likeness (QED) is 0.451. The highest BCUT2D eigenvalue weighted by atomic mass is 32.2. The molecule has 1 heteroatoms. The molecule has 0 nitrogen and oxygen atoms in total. The maximum Gasteiger partial charge on any atom is 0.184 e. The molecular formula is C21H31S+. The van der Waals surface area contributed by atoms with Crippen LogP contribution in [0.3, 0.4) is 0 Å². The minimum absolute atomic E-state index is 0.792. The van der Waals surface area contributed by atoms with Crippen molar-refractivity contribution in [2.45, 2.75) is 73.7 Å². The second-order valence-corrected chi connectivity index (χ2v) is 13.1. The fourth-order valence-corrected chi connectivity index (χ4v) is 15.3. The molecule has 1 heterocycles. The molecule has 8 bridgehead atoms. The monoisotopic (exact) mass is 315 g/mol. The highest BCUT2D eigenvalue weighted by Gasteiger charge is 2.96. The van der Waals surface area contributed by atoms with Crippen molar-refractivity contribution in [3.8, 4) is 0 Å². The van der Waals surface area contributed by atoms with E-state index in [1.807, 2.05) is 0 Å². The van der Waals surface area contributed by atoms with Crippen molar-refractivity contribution in [2.24, 2.45) is 47.3 Å². The molecule has 0 unspecified atom stereocenters. The van der Waals surface area contributed by atoms with E-state index in [4.69, 9.17) is 0 Å². The summed E-state index contributed by atoms with van der Waals surface area (Å²) in [5, 5.41) is 0. The van der Waals surface area contributed by atoms with E-state index < -0.39 is 0 Å². The average Bonchev–Trinajstić information content (AvgIpc) is 3.02. The topological polar surface area (TPSA) is 0 Å². The van der Waals surface area contributed by atoms with Crippen molar-refractivity contribution in [3.05, 3.63) is 0 Å². The van der Waals surface area contributed by atoms with Gasteiger partial charge in [0.1, 0.15) is 0 Å². The summed E-state index contributed by atoms with van der Waals surface area (Å²) in [6.45, 7) is 0. The highest BCUT2D eigenvalue weighted by molar-refractivity contribution is 8.06. The summed E-state index contributed by atoms with van der Waals surface area (Å²) < 4.78 is 1.81. The molecule has 120 valence electrons. The highest BCUT2D eigenvalue weighted by Crippen LogP contribution is 2.83. The summed E-state index contributed by atoms with van der Waals surface area (Å²) in [6.07, 6.45) is 19.4. The fourth-order valence-electron chi connectivity index (χ4n) is 10.6. The third kappa shape index (κ3) is 1.10. The Hall–Kier alpha value is 0.350. The minimum Gasteiger partial charge on any atom is -0.0475 e. The van der Waals surface area contributed by atoms with Crippen molar-refractivity contribution in [1.29, 1.82) is 0 Å². The summed E-state index contributed by atoms with van der Waals surface area (Å²) in [5.74, 6) is 9.42. The average molecular weight is 316 g/mol. The van der Waals surface area contributed by atoms with Crippen LogP contribution in [-0.2, 0) is 10.9 Å². The van der Waals surface area contributed by atoms with Crippen LogP contribution in [0, 0.1) is 47.3 Å². The van der Waals surface area contributed by atoms with Crippen LogP contribution >= 0.6 is 0 Å². The number of hydrogen-bond acceptors (Lipinski definition) is 0. The molecule has 0 amide bonds. The molecule has 9 aliphatic rings. The predicted molar refractivity (Wildman–Crippen MR) is 92.8 cm³/mol. The lowest BCUT2D eigenvalue weighted by Crippen LogP contribution is -2.61. The molecule has 0 atom stereocenters. The van der Waals surface area contributed by atoms with Crippen LogP contribution in [0.4, 0.5) is 0 Å². The van der Waals surface area contributed by atoms with E-state index in [2.05, 4.69) is 6.26 Å². The SMILES string of the molecule is C[S+]1C2(C3CC4CC(C3)CC2C4)C12C1CC3CC(C1)CC2C3. The smallest absolute Gasteiger partial charge is 0.0475 e. The first-order valence-electron chi connectivity index (χ1n) is 10.4. The van der Waals surface area contributed by atoms with Gasteiger partial charge in [-0.1, -0.05) is 0 Å². The minimum atomic E-state index is 0.792. The molecule has 1 aliphatic heterocycles. The van der Waals surface area contributed by atoms with E-state index >= 15 is 0 Å². The fraction of sp³-hybridized carbons (Fsp3) is 1.00. The molecule has 0 N–H and O–H groups in total. The van der Waals surface area contributed by atoms with E-state index in [1.54, 1.807) is 64.2 Å². The van der Waals surface area contributed by atoms with Crippen molar-refractivity contribution in [2.75, 3.05) is 6.26 Å². The first-order valence-corrected chi connectivity index (χ1v) is 12.0. The van der Waals surface area contributed by atoms with Gasteiger partial charge >= 0.3 is 0 Å². The number of hydrogen-bond donors (Lipinski definition) is 0. The molecule has 0 aromatic heterocycles. The molecule has 22 heavy (non-hydrogen) atoms. The lowest BCUT2D eigenvalue weighted by atomic mass is 9.42. The van der Waals surface area contributed by atoms with Gasteiger partial charge in [0.2, 0.25) is 0 Å². The van der Waals surface area contributed by atoms with Gasteiger partial charge < -0.3 is 0 Å². The molecule has 0 aromatic carbocycles. The maximum atomic E-state index is 2.78. The van der Waals surface area contributed by atoms with Crippen molar-refractivity contribution in [1.82, 2.24) is 0 Å². The maximum absolute atomic E-state index is 2.78. The molecular weight excluding hydrogens is 284 g/mol. The van der Waals surface area contributed by atoms with Gasteiger partial charge in [0, 0.05) is 34.6 Å². The van der Waals surface area contributed by atoms with Crippen LogP contribution in [0.2, 0.25) is 0 Å². The van der Waals surface area contributed by atoms with Crippen molar-refractivity contribution < 1.29 is 0 Å². The van der Waals surface area contributed by atoms with Gasteiger partial charge in [0.05, 0.1) is 6.26 Å². The molecule has 0 radical (unpaired) electrons. The van der Waals surface area contributed by atoms with Crippen LogP contribution in [-0.4, -0.2) is 15.7 Å². The molecule has 8 aliphatic carbocycles. The second kappa shape index (κ2) is 3.63. The molecule has 1 saturated heterocycles. The van der Waals surface area contributed by atoms with Gasteiger partial charge in [-0.25, -0.2) is 0 Å².